The topological polar surface area (TPSA) is 228 Å². The van der Waals surface area contributed by atoms with Gasteiger partial charge in [0, 0.05) is 0 Å². The first-order valence-electron chi connectivity index (χ1n) is 10.3. The Hall–Kier alpha value is -0.560. The van der Waals surface area contributed by atoms with E-state index in [2.05, 4.69) is 0 Å². The highest BCUT2D eigenvalue weighted by atomic mass is 16.8. The van der Waals surface area contributed by atoms with E-state index in [1.54, 1.807) is 0 Å². The smallest absolute Gasteiger partial charge is 0.187 e. The molecule has 0 amide bonds. The summed E-state index contributed by atoms with van der Waals surface area (Å²) in [5.41, 5.74) is 0. The summed E-state index contributed by atoms with van der Waals surface area (Å²) in [7, 11) is 0. The summed E-state index contributed by atoms with van der Waals surface area (Å²) in [6, 6.07) is 0. The molecule has 14 nitrogen and oxygen atoms in total. The maximum Gasteiger partial charge on any atom is 0.187 e. The van der Waals surface area contributed by atoms with E-state index in [-0.39, 0.29) is 0 Å². The normalized spacial score (nSPS) is 55.0. The first kappa shape index (κ1) is 26.1. The fraction of sp³-hybridized carbons (Fsp3) is 1.00. The van der Waals surface area contributed by atoms with Crippen LogP contribution >= 0.6 is 0 Å². The van der Waals surface area contributed by atoms with Crippen molar-refractivity contribution >= 4 is 0 Å². The fourth-order valence-corrected chi connectivity index (χ4v) is 3.91. The van der Waals surface area contributed by atoms with Crippen molar-refractivity contribution in [3.63, 3.8) is 0 Å². The van der Waals surface area contributed by atoms with Crippen LogP contribution in [0.5, 0.6) is 0 Å². The molecule has 3 rings (SSSR count). The van der Waals surface area contributed by atoms with Gasteiger partial charge in [-0.15, -0.1) is 0 Å². The van der Waals surface area contributed by atoms with Crippen molar-refractivity contribution in [2.24, 2.45) is 0 Å². The van der Waals surface area contributed by atoms with Crippen LogP contribution in [-0.4, -0.2) is 145 Å². The van der Waals surface area contributed by atoms with Gasteiger partial charge in [0.1, 0.15) is 61.0 Å². The van der Waals surface area contributed by atoms with Gasteiger partial charge >= 0.3 is 0 Å². The molecule has 32 heavy (non-hydrogen) atoms. The summed E-state index contributed by atoms with van der Waals surface area (Å²) in [5, 5.41) is 90.6. The summed E-state index contributed by atoms with van der Waals surface area (Å²) in [6.07, 6.45) is -22.7. The van der Waals surface area contributed by atoms with E-state index < -0.39 is 98.7 Å². The highest BCUT2D eigenvalue weighted by Crippen LogP contribution is 2.32. The lowest BCUT2D eigenvalue weighted by atomic mass is 9.97. The van der Waals surface area contributed by atoms with E-state index in [9.17, 15) is 46.0 Å². The average Bonchev–Trinajstić information content (AvgIpc) is 2.76. The Balaban J connectivity index is 1.79. The Morgan fingerprint density at radius 2 is 1.09 bits per heavy atom. The zero-order valence-corrected chi connectivity index (χ0v) is 17.4. The summed E-state index contributed by atoms with van der Waals surface area (Å²) >= 11 is 0. The van der Waals surface area contributed by atoms with Gasteiger partial charge in [-0.05, 0) is 13.8 Å². The SMILES string of the molecule is C[C@@H]1O[C@@H](O)[C@H](O[C@@H]2O[C@@H](C)[C@H](O)[C@@H](O)[C@H]2O[C@@H]2O[C@@H](CO)[C@H](O)[C@@H](O)[C@H]2O)[C@H](O)[C@H]1O. The number of rotatable bonds is 5. The second-order valence-corrected chi connectivity index (χ2v) is 8.30. The van der Waals surface area contributed by atoms with Crippen molar-refractivity contribution in [1.82, 2.24) is 0 Å². The molecule has 0 aromatic carbocycles. The van der Waals surface area contributed by atoms with Crippen molar-refractivity contribution in [3.8, 4) is 0 Å². The summed E-state index contributed by atoms with van der Waals surface area (Å²) in [4.78, 5) is 0. The van der Waals surface area contributed by atoms with Crippen LogP contribution in [-0.2, 0) is 23.7 Å². The molecule has 0 saturated carbocycles. The van der Waals surface area contributed by atoms with E-state index in [0.717, 1.165) is 0 Å². The predicted molar refractivity (Wildman–Crippen MR) is 98.4 cm³/mol. The van der Waals surface area contributed by atoms with Crippen LogP contribution < -0.4 is 0 Å². The number of aliphatic hydroxyl groups is 9. The van der Waals surface area contributed by atoms with Crippen molar-refractivity contribution in [1.29, 1.82) is 0 Å². The first-order valence-corrected chi connectivity index (χ1v) is 10.3. The minimum absolute atomic E-state index is 0.720. The molecule has 0 radical (unpaired) electrons. The molecule has 0 aliphatic carbocycles. The minimum atomic E-state index is -1.81. The van der Waals surface area contributed by atoms with Gasteiger partial charge in [-0.3, -0.25) is 0 Å². The molecule has 3 saturated heterocycles. The molecule has 3 fully saturated rings. The maximum absolute atomic E-state index is 10.6. The van der Waals surface area contributed by atoms with Gasteiger partial charge in [-0.2, -0.15) is 0 Å². The van der Waals surface area contributed by atoms with Crippen LogP contribution in [0.25, 0.3) is 0 Å². The molecule has 0 aromatic heterocycles. The third kappa shape index (κ3) is 4.94. The minimum Gasteiger partial charge on any atom is -0.394 e. The lowest BCUT2D eigenvalue weighted by molar-refractivity contribution is -0.387. The Morgan fingerprint density at radius 3 is 1.69 bits per heavy atom. The van der Waals surface area contributed by atoms with Gasteiger partial charge in [0.05, 0.1) is 18.8 Å². The molecule has 15 atom stereocenters. The molecular weight excluding hydrogens is 440 g/mol. The van der Waals surface area contributed by atoms with Crippen molar-refractivity contribution in [2.45, 2.75) is 106 Å². The molecule has 14 heteroatoms. The van der Waals surface area contributed by atoms with E-state index in [4.69, 9.17) is 23.7 Å². The predicted octanol–water partition coefficient (Wildman–Crippen LogP) is -5.52. The summed E-state index contributed by atoms with van der Waals surface area (Å²) < 4.78 is 26.9. The third-order valence-electron chi connectivity index (χ3n) is 6.02. The number of hydrogen-bond acceptors (Lipinski definition) is 14. The molecule has 0 aromatic rings. The van der Waals surface area contributed by atoms with E-state index in [0.29, 0.717) is 0 Å². The first-order chi connectivity index (χ1) is 15.0. The third-order valence-corrected chi connectivity index (χ3v) is 6.02. The van der Waals surface area contributed by atoms with E-state index >= 15 is 0 Å². The lowest BCUT2D eigenvalue weighted by Gasteiger charge is -2.47. The van der Waals surface area contributed by atoms with Gasteiger partial charge < -0.3 is 69.6 Å². The van der Waals surface area contributed by atoms with Crippen LogP contribution in [0.1, 0.15) is 13.8 Å². The molecule has 3 aliphatic rings. The molecule has 0 bridgehead atoms. The van der Waals surface area contributed by atoms with Gasteiger partial charge in [0.2, 0.25) is 0 Å². The summed E-state index contributed by atoms with van der Waals surface area (Å²) in [5.74, 6) is 0. The number of ether oxygens (including phenoxy) is 5. The zero-order chi connectivity index (χ0) is 23.9. The highest BCUT2D eigenvalue weighted by molar-refractivity contribution is 4.94. The van der Waals surface area contributed by atoms with E-state index in [1.165, 1.54) is 13.8 Å². The highest BCUT2D eigenvalue weighted by Gasteiger charge is 2.52. The Bertz CT molecular complexity index is 608. The van der Waals surface area contributed by atoms with Gasteiger partial charge in [0.25, 0.3) is 0 Å². The second-order valence-electron chi connectivity index (χ2n) is 8.30. The monoisotopic (exact) mass is 472 g/mol. The Labute approximate surface area is 183 Å². The van der Waals surface area contributed by atoms with Crippen LogP contribution in [0, 0.1) is 0 Å². The molecular formula is C18H32O14. The molecule has 0 unspecified atom stereocenters. The van der Waals surface area contributed by atoms with Gasteiger partial charge in [0.15, 0.2) is 18.9 Å². The van der Waals surface area contributed by atoms with Gasteiger partial charge in [-0.25, -0.2) is 0 Å². The standard InChI is InChI=1S/C18H32O14/c1-4-7(20)11(24)14(16(27)28-4)31-18-15(12(25)8(21)5(2)29-18)32-17-13(26)10(23)9(22)6(3-19)30-17/h4-27H,3H2,1-2H3/t4-,5-,6-,7-,8-,9-,10+,11+,12+,13+,14+,15+,16+,17-,18-/m0/s1. The Morgan fingerprint density at radius 1 is 0.562 bits per heavy atom. The van der Waals surface area contributed by atoms with Gasteiger partial charge in [-0.1, -0.05) is 0 Å². The summed E-state index contributed by atoms with van der Waals surface area (Å²) in [6.45, 7) is 2.12. The zero-order valence-electron chi connectivity index (χ0n) is 17.4. The molecule has 3 heterocycles. The number of aliphatic hydroxyl groups excluding tert-OH is 9. The van der Waals surface area contributed by atoms with E-state index in [1.807, 2.05) is 0 Å². The molecule has 9 N–H and O–H groups in total. The molecule has 0 spiro atoms. The Kier molecular flexibility index (Phi) is 8.44. The van der Waals surface area contributed by atoms with Crippen LogP contribution in [0.3, 0.4) is 0 Å². The van der Waals surface area contributed by atoms with Crippen molar-refractivity contribution in [2.75, 3.05) is 6.61 Å². The van der Waals surface area contributed by atoms with Crippen molar-refractivity contribution < 1.29 is 69.6 Å². The molecule has 3 aliphatic heterocycles. The average molecular weight is 472 g/mol. The largest absolute Gasteiger partial charge is 0.394 e. The second kappa shape index (κ2) is 10.4. The van der Waals surface area contributed by atoms with Crippen LogP contribution in [0.15, 0.2) is 0 Å². The fourth-order valence-electron chi connectivity index (χ4n) is 3.91. The lowest BCUT2D eigenvalue weighted by Crippen LogP contribution is -2.65. The number of hydrogen-bond donors (Lipinski definition) is 9. The molecule has 188 valence electrons. The quantitative estimate of drug-likeness (QED) is 0.182. The van der Waals surface area contributed by atoms with Crippen molar-refractivity contribution in [3.05, 3.63) is 0 Å². The maximum atomic E-state index is 10.6. The van der Waals surface area contributed by atoms with Crippen LogP contribution in [0.4, 0.5) is 0 Å². The van der Waals surface area contributed by atoms with Crippen LogP contribution in [0.2, 0.25) is 0 Å².